The Labute approximate surface area is 159 Å². The molecular weight excluding hydrogens is 346 g/mol. The van der Waals surface area contributed by atoms with Crippen molar-refractivity contribution in [3.8, 4) is 11.3 Å². The van der Waals surface area contributed by atoms with E-state index in [1.807, 2.05) is 70.3 Å². The number of thiazole rings is 1. The second-order valence-electron chi connectivity index (χ2n) is 7.78. The average Bonchev–Trinajstić information content (AvgIpc) is 3.01. The van der Waals surface area contributed by atoms with Gasteiger partial charge in [0.25, 0.3) is 0 Å². The van der Waals surface area contributed by atoms with Crippen LogP contribution in [-0.4, -0.2) is 34.8 Å². The van der Waals surface area contributed by atoms with Crippen molar-refractivity contribution < 1.29 is 9.59 Å². The summed E-state index contributed by atoms with van der Waals surface area (Å²) >= 11 is 1.38. The van der Waals surface area contributed by atoms with Gasteiger partial charge in [-0.3, -0.25) is 9.59 Å². The Morgan fingerprint density at radius 2 is 1.85 bits per heavy atom. The van der Waals surface area contributed by atoms with E-state index >= 15 is 0 Å². The Balaban J connectivity index is 2.04. The summed E-state index contributed by atoms with van der Waals surface area (Å²) in [7, 11) is 0. The van der Waals surface area contributed by atoms with Crippen molar-refractivity contribution >= 4 is 28.3 Å². The zero-order valence-electron chi connectivity index (χ0n) is 16.1. The molecule has 2 amide bonds. The Hall–Kier alpha value is -2.21. The van der Waals surface area contributed by atoms with E-state index in [9.17, 15) is 9.59 Å². The number of benzene rings is 1. The van der Waals surface area contributed by atoms with Crippen molar-refractivity contribution in [2.45, 2.75) is 34.6 Å². The molecule has 6 heteroatoms. The maximum atomic E-state index is 12.6. The summed E-state index contributed by atoms with van der Waals surface area (Å²) in [5, 5.41) is 5.27. The van der Waals surface area contributed by atoms with E-state index < -0.39 is 5.41 Å². The van der Waals surface area contributed by atoms with Gasteiger partial charge in [-0.25, -0.2) is 4.98 Å². The molecule has 1 N–H and O–H groups in total. The summed E-state index contributed by atoms with van der Waals surface area (Å²) < 4.78 is 0. The minimum atomic E-state index is -0.517. The number of nitrogens with zero attached hydrogens (tertiary/aromatic N) is 2. The van der Waals surface area contributed by atoms with E-state index in [2.05, 4.69) is 10.3 Å². The molecule has 5 nitrogen and oxygen atoms in total. The number of anilines is 1. The van der Waals surface area contributed by atoms with Crippen molar-refractivity contribution in [2.75, 3.05) is 18.4 Å². The lowest BCUT2D eigenvalue weighted by Gasteiger charge is -2.30. The number of nitrogens with one attached hydrogen (secondary N) is 1. The third-order valence-corrected chi connectivity index (χ3v) is 4.43. The summed E-state index contributed by atoms with van der Waals surface area (Å²) in [6.07, 6.45) is 0. The maximum absolute atomic E-state index is 12.6. The van der Waals surface area contributed by atoms with Crippen LogP contribution < -0.4 is 5.32 Å². The molecule has 0 aliphatic carbocycles. The van der Waals surface area contributed by atoms with Crippen molar-refractivity contribution in [3.05, 3.63) is 35.7 Å². The van der Waals surface area contributed by atoms with Crippen LogP contribution in [0.15, 0.2) is 35.7 Å². The van der Waals surface area contributed by atoms with Crippen LogP contribution in [0.5, 0.6) is 0 Å². The molecule has 0 spiro atoms. The van der Waals surface area contributed by atoms with Gasteiger partial charge in [0, 0.05) is 22.9 Å². The molecule has 0 atom stereocenters. The molecule has 0 fully saturated rings. The predicted octanol–water partition coefficient (Wildman–Crippen LogP) is 4.28. The van der Waals surface area contributed by atoms with E-state index in [0.29, 0.717) is 17.6 Å². The van der Waals surface area contributed by atoms with Gasteiger partial charge in [0.05, 0.1) is 12.2 Å². The summed E-state index contributed by atoms with van der Waals surface area (Å²) in [6, 6.07) is 9.82. The molecule has 140 valence electrons. The maximum Gasteiger partial charge on any atom is 0.245 e. The second kappa shape index (κ2) is 8.45. The summed E-state index contributed by atoms with van der Waals surface area (Å²) in [6.45, 7) is 10.3. The van der Waals surface area contributed by atoms with Crippen LogP contribution in [0.25, 0.3) is 11.3 Å². The fraction of sp³-hybridized carbons (Fsp3) is 0.450. The van der Waals surface area contributed by atoms with Gasteiger partial charge in [-0.2, -0.15) is 0 Å². The fourth-order valence-electron chi connectivity index (χ4n) is 2.54. The topological polar surface area (TPSA) is 62.3 Å². The molecule has 0 unspecified atom stereocenters. The van der Waals surface area contributed by atoms with Gasteiger partial charge in [0.15, 0.2) is 5.13 Å². The number of rotatable bonds is 6. The van der Waals surface area contributed by atoms with Crippen LogP contribution in [0.3, 0.4) is 0 Å². The minimum absolute atomic E-state index is 0.0227. The highest BCUT2D eigenvalue weighted by Crippen LogP contribution is 2.24. The highest BCUT2D eigenvalue weighted by atomic mass is 32.1. The molecule has 0 bridgehead atoms. The van der Waals surface area contributed by atoms with Crippen LogP contribution in [0.2, 0.25) is 0 Å². The van der Waals surface area contributed by atoms with Crippen molar-refractivity contribution in [3.63, 3.8) is 0 Å². The third-order valence-electron chi connectivity index (χ3n) is 3.67. The fourth-order valence-corrected chi connectivity index (χ4v) is 3.28. The van der Waals surface area contributed by atoms with Gasteiger partial charge in [-0.05, 0) is 5.92 Å². The molecule has 2 rings (SSSR count). The van der Waals surface area contributed by atoms with Gasteiger partial charge in [0.2, 0.25) is 11.8 Å². The number of aromatic nitrogens is 1. The van der Waals surface area contributed by atoms with Crippen molar-refractivity contribution in [2.24, 2.45) is 11.3 Å². The van der Waals surface area contributed by atoms with E-state index in [1.165, 1.54) is 11.3 Å². The van der Waals surface area contributed by atoms with Gasteiger partial charge in [-0.1, -0.05) is 65.0 Å². The van der Waals surface area contributed by atoms with Crippen LogP contribution in [0, 0.1) is 11.3 Å². The zero-order valence-corrected chi connectivity index (χ0v) is 16.9. The first-order chi connectivity index (χ1) is 12.2. The first-order valence-electron chi connectivity index (χ1n) is 8.77. The zero-order chi connectivity index (χ0) is 19.3. The molecular formula is C20H27N3O2S. The molecule has 0 saturated carbocycles. The lowest BCUT2D eigenvalue weighted by Crippen LogP contribution is -2.45. The van der Waals surface area contributed by atoms with Crippen LogP contribution in [0.1, 0.15) is 34.6 Å². The number of carbonyl (C=O) groups excluding carboxylic acids is 2. The highest BCUT2D eigenvalue weighted by Gasteiger charge is 2.29. The number of carbonyl (C=O) groups is 2. The molecule has 0 aliphatic heterocycles. The number of hydrogen-bond acceptors (Lipinski definition) is 4. The number of amides is 2. The van der Waals surface area contributed by atoms with Crippen molar-refractivity contribution in [1.29, 1.82) is 0 Å². The second-order valence-corrected chi connectivity index (χ2v) is 8.64. The summed E-state index contributed by atoms with van der Waals surface area (Å²) in [4.78, 5) is 31.1. The smallest absolute Gasteiger partial charge is 0.245 e. The Bertz CT molecular complexity index is 748. The number of hydrogen-bond donors (Lipinski definition) is 1. The first-order valence-corrected chi connectivity index (χ1v) is 9.65. The van der Waals surface area contributed by atoms with Crippen LogP contribution in [0.4, 0.5) is 5.13 Å². The van der Waals surface area contributed by atoms with E-state index in [1.54, 1.807) is 4.90 Å². The summed E-state index contributed by atoms with van der Waals surface area (Å²) in [5.41, 5.74) is 1.32. The first kappa shape index (κ1) is 20.1. The molecule has 1 heterocycles. The molecule has 0 aliphatic rings. The Kier molecular flexibility index (Phi) is 6.53. The molecule has 0 saturated heterocycles. The van der Waals surface area contributed by atoms with E-state index in [4.69, 9.17) is 0 Å². The standard InChI is InChI=1S/C20H27N3O2S/c1-14(2)11-23(18(25)20(3,4)5)12-17(24)22-19-21-16(13-26-19)15-9-7-6-8-10-15/h6-10,13-14H,11-12H2,1-5H3,(H,21,22,24). The third kappa shape index (κ3) is 5.66. The Morgan fingerprint density at radius 1 is 1.19 bits per heavy atom. The molecule has 2 aromatic rings. The normalized spacial score (nSPS) is 11.5. The molecule has 26 heavy (non-hydrogen) atoms. The SMILES string of the molecule is CC(C)CN(CC(=O)Nc1nc(-c2ccccc2)cs1)C(=O)C(C)(C)C. The summed E-state index contributed by atoms with van der Waals surface area (Å²) in [5.74, 6) is 0.0429. The van der Waals surface area contributed by atoms with Gasteiger partial charge in [-0.15, -0.1) is 11.3 Å². The van der Waals surface area contributed by atoms with Crippen LogP contribution in [-0.2, 0) is 9.59 Å². The molecule has 0 radical (unpaired) electrons. The van der Waals surface area contributed by atoms with E-state index in [0.717, 1.165) is 11.3 Å². The quantitative estimate of drug-likeness (QED) is 0.822. The lowest BCUT2D eigenvalue weighted by atomic mass is 9.94. The van der Waals surface area contributed by atoms with E-state index in [-0.39, 0.29) is 18.4 Å². The van der Waals surface area contributed by atoms with Crippen LogP contribution >= 0.6 is 11.3 Å². The van der Waals surface area contributed by atoms with Gasteiger partial charge >= 0.3 is 0 Å². The average molecular weight is 374 g/mol. The predicted molar refractivity (Wildman–Crippen MR) is 107 cm³/mol. The van der Waals surface area contributed by atoms with Gasteiger partial charge in [0.1, 0.15) is 0 Å². The van der Waals surface area contributed by atoms with Gasteiger partial charge < -0.3 is 10.2 Å². The monoisotopic (exact) mass is 373 g/mol. The van der Waals surface area contributed by atoms with Crippen molar-refractivity contribution in [1.82, 2.24) is 9.88 Å². The minimum Gasteiger partial charge on any atom is -0.333 e. The molecule has 1 aromatic heterocycles. The lowest BCUT2D eigenvalue weighted by molar-refractivity contribution is -0.142. The highest BCUT2D eigenvalue weighted by molar-refractivity contribution is 7.14. The largest absolute Gasteiger partial charge is 0.333 e. The Morgan fingerprint density at radius 3 is 2.42 bits per heavy atom. The molecule has 1 aromatic carbocycles.